The Labute approximate surface area is 143 Å². The highest BCUT2D eigenvalue weighted by atomic mass is 35.5. The number of amides is 1. The van der Waals surface area contributed by atoms with Crippen molar-refractivity contribution in [2.45, 2.75) is 19.5 Å². The van der Waals surface area contributed by atoms with Crippen molar-refractivity contribution in [1.29, 1.82) is 0 Å². The second-order valence-electron chi connectivity index (χ2n) is 5.65. The third-order valence-corrected chi connectivity index (χ3v) is 4.88. The Morgan fingerprint density at radius 2 is 2.04 bits per heavy atom. The number of fused-ring (bicyclic) bond motifs is 2. The largest absolute Gasteiger partial charge is 0.332 e. The van der Waals surface area contributed by atoms with Crippen molar-refractivity contribution >= 4 is 34.6 Å². The van der Waals surface area contributed by atoms with E-state index in [0.717, 1.165) is 11.2 Å². The first-order valence-electron chi connectivity index (χ1n) is 7.35. The van der Waals surface area contributed by atoms with Crippen LogP contribution >= 0.6 is 23.2 Å². The maximum Gasteiger partial charge on any atom is 0.275 e. The van der Waals surface area contributed by atoms with Crippen LogP contribution in [0.3, 0.4) is 0 Å². The first kappa shape index (κ1) is 14.6. The number of nitrogens with zero attached hydrogens (tertiary/aromatic N) is 4. The van der Waals surface area contributed by atoms with Crippen molar-refractivity contribution < 1.29 is 4.79 Å². The van der Waals surface area contributed by atoms with E-state index >= 15 is 0 Å². The van der Waals surface area contributed by atoms with Crippen molar-refractivity contribution in [3.05, 3.63) is 58.1 Å². The van der Waals surface area contributed by atoms with E-state index in [0.29, 0.717) is 29.0 Å². The number of rotatable bonds is 1. The minimum atomic E-state index is -0.0825. The molecule has 3 aromatic heterocycles. The maximum absolute atomic E-state index is 12.9. The smallest absolute Gasteiger partial charge is 0.275 e. The average molecular weight is 349 g/mol. The van der Waals surface area contributed by atoms with Crippen molar-refractivity contribution in [3.8, 4) is 0 Å². The summed E-state index contributed by atoms with van der Waals surface area (Å²) in [4.78, 5) is 14.7. The van der Waals surface area contributed by atoms with E-state index in [1.54, 1.807) is 22.8 Å². The Morgan fingerprint density at radius 3 is 2.87 bits per heavy atom. The topological polar surface area (TPSA) is 42.5 Å². The van der Waals surface area contributed by atoms with Crippen LogP contribution in [0.25, 0.3) is 5.52 Å². The molecule has 1 aliphatic rings. The molecule has 0 aromatic carbocycles. The number of carbonyl (C=O) groups excluding carboxylic acids is 1. The SMILES string of the molecule is CC1c2ccc(Cl)n2CCN1C(=O)c1cc2ccc(Cl)cn2n1. The number of halogens is 2. The number of aromatic nitrogens is 3. The molecule has 5 nitrogen and oxygen atoms in total. The molecule has 118 valence electrons. The van der Waals surface area contributed by atoms with E-state index in [4.69, 9.17) is 23.2 Å². The first-order chi connectivity index (χ1) is 11.0. The van der Waals surface area contributed by atoms with Gasteiger partial charge in [0.25, 0.3) is 5.91 Å². The molecule has 0 aliphatic carbocycles. The van der Waals surface area contributed by atoms with Gasteiger partial charge in [-0.05, 0) is 37.3 Å². The Hall–Kier alpha value is -1.98. The van der Waals surface area contributed by atoms with Gasteiger partial charge in [0.1, 0.15) is 5.15 Å². The van der Waals surface area contributed by atoms with Gasteiger partial charge in [0.05, 0.1) is 16.6 Å². The molecule has 0 spiro atoms. The molecular weight excluding hydrogens is 335 g/mol. The van der Waals surface area contributed by atoms with Gasteiger partial charge >= 0.3 is 0 Å². The quantitative estimate of drug-likeness (QED) is 0.673. The van der Waals surface area contributed by atoms with E-state index in [1.165, 1.54) is 0 Å². The Morgan fingerprint density at radius 1 is 1.22 bits per heavy atom. The van der Waals surface area contributed by atoms with Crippen LogP contribution in [0, 0.1) is 0 Å². The van der Waals surface area contributed by atoms with Crippen molar-refractivity contribution in [2.75, 3.05) is 6.54 Å². The lowest BCUT2D eigenvalue weighted by molar-refractivity contribution is 0.0637. The highest BCUT2D eigenvalue weighted by molar-refractivity contribution is 6.30. The fourth-order valence-corrected chi connectivity index (χ4v) is 3.51. The fraction of sp³-hybridized carbons (Fsp3) is 0.250. The minimum Gasteiger partial charge on any atom is -0.332 e. The highest BCUT2D eigenvalue weighted by Gasteiger charge is 2.30. The monoisotopic (exact) mass is 348 g/mol. The molecule has 0 saturated heterocycles. The van der Waals surface area contributed by atoms with Crippen molar-refractivity contribution in [3.63, 3.8) is 0 Å². The van der Waals surface area contributed by atoms with Crippen LogP contribution in [0.5, 0.6) is 0 Å². The van der Waals surface area contributed by atoms with E-state index in [-0.39, 0.29) is 11.9 Å². The van der Waals surface area contributed by atoms with Crippen LogP contribution < -0.4 is 0 Å². The third-order valence-electron chi connectivity index (χ3n) is 4.32. The fourth-order valence-electron chi connectivity index (χ4n) is 3.11. The standard InChI is InChI=1S/C16H14Cl2N4O/c1-10-14-4-5-15(18)21(14)7-6-20(10)16(23)13-8-12-3-2-11(17)9-22(12)19-13/h2-5,8-10H,6-7H2,1H3. The molecule has 0 N–H and O–H groups in total. The molecular formula is C16H14Cl2N4O. The molecule has 0 bridgehead atoms. The molecule has 1 atom stereocenters. The lowest BCUT2D eigenvalue weighted by Gasteiger charge is -2.34. The lowest BCUT2D eigenvalue weighted by atomic mass is 10.1. The predicted octanol–water partition coefficient (Wildman–Crippen LogP) is 3.66. The predicted molar refractivity (Wildman–Crippen MR) is 89.1 cm³/mol. The van der Waals surface area contributed by atoms with Crippen molar-refractivity contribution in [2.24, 2.45) is 0 Å². The van der Waals surface area contributed by atoms with Crippen LogP contribution in [-0.4, -0.2) is 31.5 Å². The van der Waals surface area contributed by atoms with Crippen LogP contribution in [0.15, 0.2) is 36.5 Å². The van der Waals surface area contributed by atoms with Crippen molar-refractivity contribution in [1.82, 2.24) is 19.1 Å². The summed E-state index contributed by atoms with van der Waals surface area (Å²) < 4.78 is 3.67. The number of hydrogen-bond donors (Lipinski definition) is 0. The van der Waals surface area contributed by atoms with Gasteiger partial charge in [-0.2, -0.15) is 5.10 Å². The summed E-state index contributed by atoms with van der Waals surface area (Å²) in [7, 11) is 0. The summed E-state index contributed by atoms with van der Waals surface area (Å²) in [5.41, 5.74) is 2.31. The summed E-state index contributed by atoms with van der Waals surface area (Å²) in [5.74, 6) is -0.0825. The maximum atomic E-state index is 12.9. The highest BCUT2D eigenvalue weighted by Crippen LogP contribution is 2.30. The summed E-state index contributed by atoms with van der Waals surface area (Å²) in [5, 5.41) is 5.64. The van der Waals surface area contributed by atoms with E-state index in [1.807, 2.05) is 34.6 Å². The van der Waals surface area contributed by atoms with Gasteiger partial charge in [0, 0.05) is 25.0 Å². The Bertz CT molecular complexity index is 914. The van der Waals surface area contributed by atoms with E-state index in [9.17, 15) is 4.79 Å². The second kappa shape index (κ2) is 5.28. The zero-order valence-corrected chi connectivity index (χ0v) is 13.9. The van der Waals surface area contributed by atoms with Crippen LogP contribution in [0.2, 0.25) is 10.2 Å². The van der Waals surface area contributed by atoms with Gasteiger partial charge in [-0.1, -0.05) is 23.2 Å². The summed E-state index contributed by atoms with van der Waals surface area (Å²) >= 11 is 12.1. The molecule has 1 unspecified atom stereocenters. The van der Waals surface area contributed by atoms with Gasteiger partial charge in [-0.15, -0.1) is 0 Å². The number of hydrogen-bond acceptors (Lipinski definition) is 2. The second-order valence-corrected chi connectivity index (χ2v) is 6.48. The normalized spacial score (nSPS) is 17.5. The van der Waals surface area contributed by atoms with Crippen LogP contribution in [0.1, 0.15) is 29.1 Å². The molecule has 23 heavy (non-hydrogen) atoms. The number of pyridine rings is 1. The first-order valence-corrected chi connectivity index (χ1v) is 8.11. The zero-order valence-electron chi connectivity index (χ0n) is 12.4. The van der Waals surface area contributed by atoms with Gasteiger partial charge in [-0.3, -0.25) is 4.79 Å². The zero-order chi connectivity index (χ0) is 16.1. The molecule has 0 saturated carbocycles. The molecule has 3 aromatic rings. The van der Waals surface area contributed by atoms with E-state index < -0.39 is 0 Å². The minimum absolute atomic E-state index is 0.0443. The molecule has 0 fully saturated rings. The Kier molecular flexibility index (Phi) is 3.36. The molecule has 0 radical (unpaired) electrons. The average Bonchev–Trinajstić information content (AvgIpc) is 3.11. The van der Waals surface area contributed by atoms with Gasteiger partial charge in [0.15, 0.2) is 5.69 Å². The molecule has 4 rings (SSSR count). The van der Waals surface area contributed by atoms with Crippen LogP contribution in [-0.2, 0) is 6.54 Å². The molecule has 7 heteroatoms. The molecule has 1 aliphatic heterocycles. The van der Waals surface area contributed by atoms with Gasteiger partial charge in [0.2, 0.25) is 0 Å². The van der Waals surface area contributed by atoms with Gasteiger partial charge < -0.3 is 9.47 Å². The molecule has 1 amide bonds. The summed E-state index contributed by atoms with van der Waals surface area (Å²) in [6, 6.07) is 9.20. The Balaban J connectivity index is 1.68. The van der Waals surface area contributed by atoms with E-state index in [2.05, 4.69) is 5.10 Å². The third kappa shape index (κ3) is 2.31. The van der Waals surface area contributed by atoms with Crippen LogP contribution in [0.4, 0.5) is 0 Å². The summed E-state index contributed by atoms with van der Waals surface area (Å²) in [6.45, 7) is 3.30. The lowest BCUT2D eigenvalue weighted by Crippen LogP contribution is -2.41. The summed E-state index contributed by atoms with van der Waals surface area (Å²) in [6.07, 6.45) is 1.69. The van der Waals surface area contributed by atoms with Gasteiger partial charge in [-0.25, -0.2) is 4.52 Å². The number of carbonyl (C=O) groups is 1. The molecule has 4 heterocycles.